The van der Waals surface area contributed by atoms with Crippen LogP contribution in [0.15, 0.2) is 0 Å². The number of carbonyl (C=O) groups is 1. The Kier molecular flexibility index (Phi) is 17.1. The molecule has 0 bridgehead atoms. The van der Waals surface area contributed by atoms with Gasteiger partial charge in [-0.25, -0.2) is 0 Å². The Labute approximate surface area is 333 Å². The van der Waals surface area contributed by atoms with Crippen molar-refractivity contribution in [1.29, 1.82) is 0 Å². The zero-order chi connectivity index (χ0) is 43.6. The molecule has 344 valence electrons. The molecule has 17 N–H and O–H groups in total. The van der Waals surface area contributed by atoms with Crippen LogP contribution in [0.2, 0.25) is 0 Å². The maximum atomic E-state index is 12.6. The van der Waals surface area contributed by atoms with E-state index < -0.39 is 192 Å². The molecule has 5 fully saturated rings. The van der Waals surface area contributed by atoms with Gasteiger partial charge in [0.05, 0.1) is 33.0 Å². The summed E-state index contributed by atoms with van der Waals surface area (Å²) in [4.78, 5) is 12.6. The van der Waals surface area contributed by atoms with Gasteiger partial charge in [0.15, 0.2) is 31.5 Å². The molecule has 1 amide bonds. The molecule has 5 saturated heterocycles. The van der Waals surface area contributed by atoms with Crippen molar-refractivity contribution < 1.29 is 129 Å². The average molecular weight is 870 g/mol. The van der Waals surface area contributed by atoms with Crippen LogP contribution >= 0.6 is 0 Å². The molecule has 0 saturated carbocycles. The van der Waals surface area contributed by atoms with E-state index in [2.05, 4.69) is 5.32 Å². The molecular formula is C32H55NO26. The minimum Gasteiger partial charge on any atom is -0.394 e. The van der Waals surface area contributed by atoms with E-state index in [-0.39, 0.29) is 0 Å². The third-order valence-electron chi connectivity index (χ3n) is 10.7. The van der Waals surface area contributed by atoms with Crippen molar-refractivity contribution in [3.63, 3.8) is 0 Å². The van der Waals surface area contributed by atoms with Gasteiger partial charge >= 0.3 is 0 Å². The molecular weight excluding hydrogens is 814 g/mol. The summed E-state index contributed by atoms with van der Waals surface area (Å²) in [6, 6.07) is -1.73. The zero-order valence-corrected chi connectivity index (χ0v) is 31.2. The lowest BCUT2D eigenvalue weighted by Crippen LogP contribution is -2.70. The number of aliphatic hydroxyl groups is 16. The maximum Gasteiger partial charge on any atom is 0.217 e. The van der Waals surface area contributed by atoms with Gasteiger partial charge in [0.2, 0.25) is 5.91 Å². The predicted octanol–water partition coefficient (Wildman–Crippen LogP) is -11.8. The van der Waals surface area contributed by atoms with E-state index in [4.69, 9.17) is 42.6 Å². The number of hydrogen-bond donors (Lipinski definition) is 17. The van der Waals surface area contributed by atoms with Crippen molar-refractivity contribution in [2.75, 3.05) is 33.0 Å². The van der Waals surface area contributed by atoms with Crippen LogP contribution in [0.25, 0.3) is 0 Å². The largest absolute Gasteiger partial charge is 0.394 e. The quantitative estimate of drug-likeness (QED) is 0.0770. The van der Waals surface area contributed by atoms with Crippen LogP contribution in [0.3, 0.4) is 0 Å². The number of ether oxygens (including phenoxy) is 9. The number of carbonyl (C=O) groups excluding carboxylic acids is 1. The summed E-state index contributed by atoms with van der Waals surface area (Å²) in [5, 5.41) is 170. The second-order valence-electron chi connectivity index (χ2n) is 14.7. The fraction of sp³-hybridized carbons (Fsp3) is 0.969. The van der Waals surface area contributed by atoms with Crippen molar-refractivity contribution in [2.45, 2.75) is 160 Å². The molecule has 0 spiro atoms. The summed E-state index contributed by atoms with van der Waals surface area (Å²) >= 11 is 0. The van der Waals surface area contributed by atoms with Crippen molar-refractivity contribution in [1.82, 2.24) is 5.32 Å². The molecule has 5 aliphatic heterocycles. The Balaban J connectivity index is 1.40. The van der Waals surface area contributed by atoms with E-state index in [0.29, 0.717) is 0 Å². The normalized spacial score (nSPS) is 51.0. The number of hydrogen-bond acceptors (Lipinski definition) is 26. The first kappa shape index (κ1) is 48.5. The lowest BCUT2D eigenvalue weighted by atomic mass is 9.94. The van der Waals surface area contributed by atoms with Crippen LogP contribution in [0.5, 0.6) is 0 Å². The Bertz CT molecular complexity index is 1320. The first-order valence-corrected chi connectivity index (χ1v) is 18.6. The van der Waals surface area contributed by atoms with Crippen molar-refractivity contribution in [3.8, 4) is 0 Å². The highest BCUT2D eigenvalue weighted by atomic mass is 16.8. The van der Waals surface area contributed by atoms with Gasteiger partial charge in [-0.1, -0.05) is 0 Å². The summed E-state index contributed by atoms with van der Waals surface area (Å²) in [5.41, 5.74) is 0. The molecule has 5 heterocycles. The smallest absolute Gasteiger partial charge is 0.217 e. The third kappa shape index (κ3) is 10.2. The minimum atomic E-state index is -2.14. The lowest BCUT2D eigenvalue weighted by Gasteiger charge is -2.50. The Morgan fingerprint density at radius 3 is 1.24 bits per heavy atom. The summed E-state index contributed by atoms with van der Waals surface area (Å²) in [7, 11) is 0. The first-order valence-electron chi connectivity index (χ1n) is 18.6. The molecule has 0 aromatic carbocycles. The standard InChI is InChI=1S/C32H55NO26/c1-7(39)33-13-25(57-32-23(49)27(17(43)11(5-37)55-32)59-30-21(47)18(44)14(40)8(2-34)53-30)15(41)9(3-35)52-29(13)58-26-16(42)10(4-36)54-31(22(26)48)56-24-12(6-38)51-28(50)20(46)19(24)45/h8-32,34-38,40-50H,2-6H2,1H3,(H,33,39)/t8-,9-,10-,11-,12-,13-,14+,15-,16+,17+,18+,19-,20-,21-,22-,23-,24-,25-,26+,27+,28-,29+,30+,31+,32+/m1/s1. The van der Waals surface area contributed by atoms with Crippen LogP contribution in [0, 0.1) is 0 Å². The van der Waals surface area contributed by atoms with Crippen molar-refractivity contribution in [3.05, 3.63) is 0 Å². The van der Waals surface area contributed by atoms with Gasteiger partial charge in [0.25, 0.3) is 0 Å². The van der Waals surface area contributed by atoms with E-state index in [1.165, 1.54) is 0 Å². The first-order chi connectivity index (χ1) is 27.9. The summed E-state index contributed by atoms with van der Waals surface area (Å²) in [6.07, 6.45) is -44.8. The molecule has 59 heavy (non-hydrogen) atoms. The van der Waals surface area contributed by atoms with Crippen LogP contribution < -0.4 is 5.32 Å². The SMILES string of the molecule is CC(=O)N[C@H]1[C@H](O[C@H]2[C@@H](O)[C@@H](CO)O[C@@H](O[C@H]3[C@H](O)[C@@H](O)[C@H](O)O[C@@H]3CO)[C@@H]2O)O[C@H](CO)[C@@H](O)[C@@H]1O[C@@H]1O[C@H](CO)[C@H](O)[C@H](O[C@@H]2O[C@H](CO)[C@H](O)[C@H](O)[C@H]2O)[C@H]1O. The molecule has 0 aromatic rings. The second-order valence-corrected chi connectivity index (χ2v) is 14.7. The maximum absolute atomic E-state index is 12.6. The molecule has 0 unspecified atom stereocenters. The number of amides is 1. The fourth-order valence-corrected chi connectivity index (χ4v) is 7.42. The number of aliphatic hydroxyl groups excluding tert-OH is 16. The van der Waals surface area contributed by atoms with E-state index >= 15 is 0 Å². The monoisotopic (exact) mass is 869 g/mol. The van der Waals surface area contributed by atoms with Gasteiger partial charge in [0.1, 0.15) is 122 Å². The van der Waals surface area contributed by atoms with Gasteiger partial charge in [-0.3, -0.25) is 4.79 Å². The van der Waals surface area contributed by atoms with Crippen LogP contribution in [0.4, 0.5) is 0 Å². The van der Waals surface area contributed by atoms with E-state index in [1.807, 2.05) is 0 Å². The molecule has 5 aliphatic rings. The molecule has 27 heteroatoms. The molecule has 0 aliphatic carbocycles. The van der Waals surface area contributed by atoms with E-state index in [9.17, 15) is 86.5 Å². The zero-order valence-electron chi connectivity index (χ0n) is 31.2. The molecule has 0 aromatic heterocycles. The highest BCUT2D eigenvalue weighted by Crippen LogP contribution is 2.36. The lowest BCUT2D eigenvalue weighted by molar-refractivity contribution is -0.385. The van der Waals surface area contributed by atoms with Crippen LogP contribution in [0.1, 0.15) is 6.92 Å². The highest BCUT2D eigenvalue weighted by molar-refractivity contribution is 5.73. The number of nitrogens with one attached hydrogen (secondary N) is 1. The van der Waals surface area contributed by atoms with Gasteiger partial charge in [0, 0.05) is 6.92 Å². The number of rotatable bonds is 14. The summed E-state index contributed by atoms with van der Waals surface area (Å²) < 4.78 is 50.2. The van der Waals surface area contributed by atoms with Crippen LogP contribution in [-0.2, 0) is 47.4 Å². The Morgan fingerprint density at radius 2 is 0.780 bits per heavy atom. The topological polar surface area (TPSA) is 436 Å². The highest BCUT2D eigenvalue weighted by Gasteiger charge is 2.57. The molecule has 25 atom stereocenters. The van der Waals surface area contributed by atoms with E-state index in [0.717, 1.165) is 6.92 Å². The average Bonchev–Trinajstić information content (AvgIpc) is 3.21. The summed E-state index contributed by atoms with van der Waals surface area (Å²) in [5.74, 6) is -0.836. The van der Waals surface area contributed by atoms with Gasteiger partial charge < -0.3 is 130 Å². The molecule has 27 nitrogen and oxygen atoms in total. The Hall–Kier alpha value is -1.53. The third-order valence-corrected chi connectivity index (χ3v) is 10.7. The van der Waals surface area contributed by atoms with Gasteiger partial charge in [-0.05, 0) is 0 Å². The second kappa shape index (κ2) is 20.8. The van der Waals surface area contributed by atoms with Gasteiger partial charge in [-0.15, -0.1) is 0 Å². The minimum absolute atomic E-state index is 0.836. The van der Waals surface area contributed by atoms with Crippen molar-refractivity contribution in [2.24, 2.45) is 0 Å². The van der Waals surface area contributed by atoms with Crippen LogP contribution in [-0.4, -0.2) is 274 Å². The molecule has 0 radical (unpaired) electrons. The summed E-state index contributed by atoms with van der Waals surface area (Å²) in [6.45, 7) is -3.62. The molecule has 5 rings (SSSR count). The van der Waals surface area contributed by atoms with Gasteiger partial charge in [-0.2, -0.15) is 0 Å². The predicted molar refractivity (Wildman–Crippen MR) is 178 cm³/mol. The van der Waals surface area contributed by atoms with E-state index in [1.54, 1.807) is 0 Å². The van der Waals surface area contributed by atoms with Crippen molar-refractivity contribution >= 4 is 5.91 Å². The fourth-order valence-electron chi connectivity index (χ4n) is 7.42. The Morgan fingerprint density at radius 1 is 0.407 bits per heavy atom.